The van der Waals surface area contributed by atoms with E-state index in [-0.39, 0.29) is 28.0 Å². The van der Waals surface area contributed by atoms with Gasteiger partial charge in [-0.1, -0.05) is 48.5 Å². The molecule has 0 aromatic heterocycles. The lowest BCUT2D eigenvalue weighted by Gasteiger charge is -2.48. The van der Waals surface area contributed by atoms with Gasteiger partial charge in [-0.05, 0) is 76.9 Å². The van der Waals surface area contributed by atoms with Crippen molar-refractivity contribution in [3.63, 3.8) is 0 Å². The highest BCUT2D eigenvalue weighted by Gasteiger charge is 2.50. The Morgan fingerprint density at radius 1 is 0.585 bits per heavy atom. The van der Waals surface area contributed by atoms with Crippen LogP contribution in [0.25, 0.3) is 0 Å². The number of likely N-dealkylation sites (N-methyl/N-ethyl adjacent to an activating group) is 2. The first kappa shape index (κ1) is 28.1. The van der Waals surface area contributed by atoms with Crippen LogP contribution in [0.1, 0.15) is 22.3 Å². The number of benzene rings is 4. The van der Waals surface area contributed by atoms with Gasteiger partial charge in [0.2, 0.25) is 0 Å². The fourth-order valence-corrected chi connectivity index (χ4v) is 5.36. The topological polar surface area (TPSA) is 64.0 Å². The predicted octanol–water partition coefficient (Wildman–Crippen LogP) is 5.66. The molecule has 0 aliphatic carbocycles. The van der Waals surface area contributed by atoms with Crippen LogP contribution in [0.2, 0.25) is 0 Å². The van der Waals surface area contributed by atoms with Gasteiger partial charge in [-0.3, -0.25) is 4.90 Å². The van der Waals surface area contributed by atoms with Crippen LogP contribution < -0.4 is 0 Å². The molecule has 0 fully saturated rings. The molecule has 4 aromatic rings. The first-order chi connectivity index (χ1) is 19.5. The summed E-state index contributed by atoms with van der Waals surface area (Å²) in [6.07, 6.45) is 1.47. The summed E-state index contributed by atoms with van der Waals surface area (Å²) in [5, 5.41) is 24.9. The maximum Gasteiger partial charge on any atom is 0.324 e. The van der Waals surface area contributed by atoms with E-state index in [0.29, 0.717) is 0 Å². The summed E-state index contributed by atoms with van der Waals surface area (Å²) in [5.74, 6) is -2.23. The Labute approximate surface area is 234 Å². The van der Waals surface area contributed by atoms with E-state index in [0.717, 1.165) is 48.5 Å². The van der Waals surface area contributed by atoms with Crippen molar-refractivity contribution >= 4 is 6.03 Å². The molecule has 4 aromatic carbocycles. The average molecular weight is 563 g/mol. The van der Waals surface area contributed by atoms with Crippen LogP contribution in [0.4, 0.5) is 22.4 Å². The molecule has 2 N–H and O–H groups in total. The predicted molar refractivity (Wildman–Crippen MR) is 144 cm³/mol. The zero-order valence-electron chi connectivity index (χ0n) is 22.1. The van der Waals surface area contributed by atoms with E-state index in [4.69, 9.17) is 0 Å². The number of halogens is 4. The van der Waals surface area contributed by atoms with Gasteiger partial charge in [0.25, 0.3) is 0 Å². The summed E-state index contributed by atoms with van der Waals surface area (Å²) in [4.78, 5) is 16.2. The van der Waals surface area contributed by atoms with Crippen LogP contribution in [0, 0.1) is 23.3 Å². The second-order valence-corrected chi connectivity index (χ2v) is 9.95. The maximum atomic E-state index is 13.9. The molecule has 1 aliphatic heterocycles. The fourth-order valence-electron chi connectivity index (χ4n) is 5.36. The summed E-state index contributed by atoms with van der Waals surface area (Å²) in [6, 6.07) is 18.1. The quantitative estimate of drug-likeness (QED) is 0.298. The molecule has 5 nitrogen and oxygen atoms in total. The number of carbonyl (C=O) groups is 1. The Morgan fingerprint density at radius 2 is 0.902 bits per heavy atom. The van der Waals surface area contributed by atoms with Crippen molar-refractivity contribution < 1.29 is 32.6 Å². The van der Waals surface area contributed by atoms with Crippen molar-refractivity contribution in [1.82, 2.24) is 9.80 Å². The van der Waals surface area contributed by atoms with Gasteiger partial charge in [0.05, 0.1) is 11.7 Å². The number of hydrogen-bond acceptors (Lipinski definition) is 3. The molecular weight excluding hydrogens is 536 g/mol. The molecular formula is C32H26F4N2O3. The van der Waals surface area contributed by atoms with Crippen LogP contribution in [0.15, 0.2) is 109 Å². The molecule has 0 saturated heterocycles. The third-order valence-electron chi connectivity index (χ3n) is 7.57. The van der Waals surface area contributed by atoms with Gasteiger partial charge in [-0.25, -0.2) is 22.4 Å². The normalized spacial score (nSPS) is 16.1. The maximum absolute atomic E-state index is 13.9. The number of amides is 2. The van der Waals surface area contributed by atoms with Gasteiger partial charge in [0.15, 0.2) is 5.60 Å². The monoisotopic (exact) mass is 562 g/mol. The van der Waals surface area contributed by atoms with Gasteiger partial charge >= 0.3 is 6.03 Å². The van der Waals surface area contributed by atoms with Crippen LogP contribution in [-0.4, -0.2) is 46.2 Å². The van der Waals surface area contributed by atoms with Crippen LogP contribution in [0.5, 0.6) is 0 Å². The van der Waals surface area contributed by atoms with Gasteiger partial charge in [0.1, 0.15) is 28.9 Å². The number of nitrogens with zero attached hydrogens (tertiary/aromatic N) is 2. The Morgan fingerprint density at radius 3 is 1.24 bits per heavy atom. The Kier molecular flexibility index (Phi) is 7.19. The van der Waals surface area contributed by atoms with E-state index in [2.05, 4.69) is 0 Å². The van der Waals surface area contributed by atoms with Crippen LogP contribution in [-0.2, 0) is 11.2 Å². The van der Waals surface area contributed by atoms with Gasteiger partial charge in [-0.15, -0.1) is 0 Å². The minimum absolute atomic E-state index is 0.00790. The Balaban J connectivity index is 1.80. The summed E-state index contributed by atoms with van der Waals surface area (Å²) in [5.41, 5.74) is -3.43. The standard InChI is InChI=1S/C32H26F4N2O3/c1-37-28(31(40,20-3-11-24(33)12-4-20)21-5-13-25(34)14-6-21)19-29(38(2)30(37)39)32(41,22-7-15-26(35)16-8-22)23-9-17-27(36)18-10-23/h3-19,28,40-41H,1-2H3. The molecule has 5 rings (SSSR count). The first-order valence-corrected chi connectivity index (χ1v) is 12.7. The zero-order chi connectivity index (χ0) is 29.5. The van der Waals surface area contributed by atoms with Gasteiger partial charge in [0, 0.05) is 14.1 Å². The van der Waals surface area contributed by atoms with E-state index >= 15 is 0 Å². The molecule has 0 spiro atoms. The first-order valence-electron chi connectivity index (χ1n) is 12.7. The van der Waals surface area contributed by atoms with Crippen LogP contribution in [0.3, 0.4) is 0 Å². The third-order valence-corrected chi connectivity index (χ3v) is 7.57. The van der Waals surface area contributed by atoms with Crippen molar-refractivity contribution in [2.75, 3.05) is 14.1 Å². The minimum Gasteiger partial charge on any atom is -0.378 e. The van der Waals surface area contributed by atoms with Gasteiger partial charge < -0.3 is 15.1 Å². The highest BCUT2D eigenvalue weighted by atomic mass is 19.1. The molecule has 0 saturated carbocycles. The van der Waals surface area contributed by atoms with Crippen molar-refractivity contribution in [3.8, 4) is 0 Å². The summed E-state index contributed by atoms with van der Waals surface area (Å²) < 4.78 is 55.6. The highest BCUT2D eigenvalue weighted by molar-refractivity contribution is 5.79. The summed E-state index contributed by atoms with van der Waals surface area (Å²) in [6.45, 7) is 0. The van der Waals surface area contributed by atoms with Gasteiger partial charge in [-0.2, -0.15) is 0 Å². The number of aliphatic hydroxyl groups is 2. The Hall–Kier alpha value is -4.47. The van der Waals surface area contributed by atoms with E-state index in [9.17, 15) is 32.6 Å². The lowest BCUT2D eigenvalue weighted by Crippen LogP contribution is -2.59. The molecule has 1 atom stereocenters. The number of hydrogen-bond donors (Lipinski definition) is 2. The van der Waals surface area contributed by atoms with Crippen LogP contribution >= 0.6 is 0 Å². The largest absolute Gasteiger partial charge is 0.378 e. The van der Waals surface area contributed by atoms with Crippen molar-refractivity contribution in [2.45, 2.75) is 17.2 Å². The molecule has 1 heterocycles. The van der Waals surface area contributed by atoms with E-state index < -0.39 is 46.5 Å². The molecule has 2 amide bonds. The third kappa shape index (κ3) is 4.77. The minimum atomic E-state index is -2.11. The molecule has 0 radical (unpaired) electrons. The molecule has 210 valence electrons. The average Bonchev–Trinajstić information content (AvgIpc) is 2.97. The van der Waals surface area contributed by atoms with E-state index in [1.54, 1.807) is 0 Å². The molecule has 9 heteroatoms. The fraction of sp³-hybridized carbons (Fsp3) is 0.156. The number of carbonyl (C=O) groups excluding carboxylic acids is 1. The Bertz CT molecular complexity index is 1500. The smallest absolute Gasteiger partial charge is 0.324 e. The number of rotatable bonds is 6. The van der Waals surface area contributed by atoms with E-state index in [1.807, 2.05) is 0 Å². The lowest BCUT2D eigenvalue weighted by atomic mass is 9.75. The van der Waals surface area contributed by atoms with Crippen molar-refractivity contribution in [1.29, 1.82) is 0 Å². The zero-order valence-corrected chi connectivity index (χ0v) is 22.1. The number of urea groups is 1. The van der Waals surface area contributed by atoms with E-state index in [1.165, 1.54) is 78.5 Å². The van der Waals surface area contributed by atoms with Crippen molar-refractivity contribution in [3.05, 3.63) is 154 Å². The SMILES string of the molecule is CN1C(=O)N(C)C(C(O)(c2ccc(F)cc2)c2ccc(F)cc2)C=C1C(O)(c1ccc(F)cc1)c1ccc(F)cc1. The molecule has 41 heavy (non-hydrogen) atoms. The summed E-state index contributed by atoms with van der Waals surface area (Å²) >= 11 is 0. The molecule has 1 unspecified atom stereocenters. The lowest BCUT2D eigenvalue weighted by molar-refractivity contribution is 0.00412. The summed E-state index contributed by atoms with van der Waals surface area (Å²) in [7, 11) is 2.87. The second-order valence-electron chi connectivity index (χ2n) is 9.95. The van der Waals surface area contributed by atoms with Crippen molar-refractivity contribution in [2.24, 2.45) is 0 Å². The molecule has 0 bridgehead atoms. The highest BCUT2D eigenvalue weighted by Crippen LogP contribution is 2.44. The molecule has 1 aliphatic rings. The second kappa shape index (κ2) is 10.5.